The van der Waals surface area contributed by atoms with Crippen LogP contribution in [0.3, 0.4) is 0 Å². The van der Waals surface area contributed by atoms with Crippen LogP contribution in [0.4, 0.5) is 0 Å². The summed E-state index contributed by atoms with van der Waals surface area (Å²) < 4.78 is 0. The van der Waals surface area contributed by atoms with Gasteiger partial charge in [-0.2, -0.15) is 0 Å². The predicted octanol–water partition coefficient (Wildman–Crippen LogP) is 1.00. The van der Waals surface area contributed by atoms with Gasteiger partial charge in [-0.1, -0.05) is 6.42 Å². The quantitative estimate of drug-likeness (QED) is 0.863. The van der Waals surface area contributed by atoms with Gasteiger partial charge >= 0.3 is 0 Å². The smallest absolute Gasteiger partial charge is 0.271 e. The van der Waals surface area contributed by atoms with Gasteiger partial charge in [0.1, 0.15) is 5.69 Å². The Labute approximate surface area is 108 Å². The number of rotatable bonds is 4. The molecule has 0 radical (unpaired) electrons. The van der Waals surface area contributed by atoms with Crippen LogP contribution in [0.1, 0.15) is 35.4 Å². The molecule has 0 bridgehead atoms. The average molecular weight is 248 g/mol. The molecular weight excluding hydrogens is 228 g/mol. The predicted molar refractivity (Wildman–Crippen MR) is 69.4 cm³/mol. The first-order chi connectivity index (χ1) is 8.75. The van der Waals surface area contributed by atoms with E-state index in [9.17, 15) is 4.79 Å². The van der Waals surface area contributed by atoms with E-state index in [1.54, 1.807) is 6.20 Å². The highest BCUT2D eigenvalue weighted by Gasteiger charge is 2.11. The summed E-state index contributed by atoms with van der Waals surface area (Å²) in [5.41, 5.74) is 1.21. The first-order valence-corrected chi connectivity index (χ1v) is 6.55. The van der Waals surface area contributed by atoms with Crippen molar-refractivity contribution < 1.29 is 4.79 Å². The second-order valence-electron chi connectivity index (χ2n) is 4.70. The summed E-state index contributed by atoms with van der Waals surface area (Å²) >= 11 is 0. The van der Waals surface area contributed by atoms with Gasteiger partial charge in [-0.05, 0) is 32.9 Å². The van der Waals surface area contributed by atoms with Crippen LogP contribution in [0, 0.1) is 6.92 Å². The van der Waals surface area contributed by atoms with Crippen molar-refractivity contribution in [2.24, 2.45) is 0 Å². The number of amides is 1. The lowest BCUT2D eigenvalue weighted by Crippen LogP contribution is -2.37. The van der Waals surface area contributed by atoms with Gasteiger partial charge in [0, 0.05) is 19.3 Å². The van der Waals surface area contributed by atoms with Gasteiger partial charge < -0.3 is 10.2 Å². The summed E-state index contributed by atoms with van der Waals surface area (Å²) in [6, 6.07) is 0. The lowest BCUT2D eigenvalue weighted by molar-refractivity contribution is 0.0941. The normalized spacial score (nSPS) is 16.5. The highest BCUT2D eigenvalue weighted by molar-refractivity contribution is 5.91. The molecule has 0 saturated carbocycles. The Balaban J connectivity index is 1.72. The number of piperidine rings is 1. The Hall–Kier alpha value is -1.49. The Morgan fingerprint density at radius 2 is 2.06 bits per heavy atom. The molecule has 0 spiro atoms. The topological polar surface area (TPSA) is 58.1 Å². The molecule has 2 rings (SSSR count). The molecular formula is C13H20N4O. The highest BCUT2D eigenvalue weighted by Crippen LogP contribution is 2.07. The van der Waals surface area contributed by atoms with E-state index in [1.807, 2.05) is 6.92 Å². The Morgan fingerprint density at radius 1 is 1.28 bits per heavy atom. The van der Waals surface area contributed by atoms with Crippen LogP contribution in [-0.2, 0) is 0 Å². The zero-order chi connectivity index (χ0) is 12.8. The number of carbonyl (C=O) groups excluding carboxylic acids is 1. The zero-order valence-electron chi connectivity index (χ0n) is 10.9. The van der Waals surface area contributed by atoms with Crippen molar-refractivity contribution >= 4 is 5.91 Å². The van der Waals surface area contributed by atoms with Crippen molar-refractivity contribution in [3.05, 3.63) is 23.8 Å². The van der Waals surface area contributed by atoms with Gasteiger partial charge in [-0.15, -0.1) is 0 Å². The second kappa shape index (κ2) is 6.44. The molecule has 1 aromatic rings. The summed E-state index contributed by atoms with van der Waals surface area (Å²) in [6.45, 7) is 5.75. The molecule has 1 aliphatic rings. The minimum absolute atomic E-state index is 0.139. The van der Waals surface area contributed by atoms with Gasteiger partial charge in [-0.25, -0.2) is 4.98 Å². The largest absolute Gasteiger partial charge is 0.349 e. The Kier molecular flexibility index (Phi) is 4.64. The van der Waals surface area contributed by atoms with Crippen molar-refractivity contribution in [3.63, 3.8) is 0 Å². The van der Waals surface area contributed by atoms with Gasteiger partial charge in [-0.3, -0.25) is 9.78 Å². The number of carbonyl (C=O) groups is 1. The molecule has 1 amide bonds. The third kappa shape index (κ3) is 3.77. The van der Waals surface area contributed by atoms with Crippen LogP contribution in [0.2, 0.25) is 0 Å². The number of aryl methyl sites for hydroxylation is 1. The molecule has 1 saturated heterocycles. The molecule has 1 N–H and O–H groups in total. The number of nitrogens with zero attached hydrogens (tertiary/aromatic N) is 3. The van der Waals surface area contributed by atoms with Crippen molar-refractivity contribution in [3.8, 4) is 0 Å². The molecule has 0 atom stereocenters. The SMILES string of the molecule is Cc1cnc(C(=O)NCCN2CCCCC2)cn1. The third-order valence-corrected chi connectivity index (χ3v) is 3.18. The summed E-state index contributed by atoms with van der Waals surface area (Å²) in [5, 5.41) is 2.88. The first-order valence-electron chi connectivity index (χ1n) is 6.55. The van der Waals surface area contributed by atoms with E-state index < -0.39 is 0 Å². The number of nitrogens with one attached hydrogen (secondary N) is 1. The van der Waals surface area contributed by atoms with E-state index in [-0.39, 0.29) is 5.91 Å². The first kappa shape index (κ1) is 13.0. The van der Waals surface area contributed by atoms with Crippen LogP contribution in [0.15, 0.2) is 12.4 Å². The molecule has 98 valence electrons. The number of aromatic nitrogens is 2. The minimum atomic E-state index is -0.139. The number of hydrogen-bond acceptors (Lipinski definition) is 4. The fraction of sp³-hybridized carbons (Fsp3) is 0.615. The molecule has 0 unspecified atom stereocenters. The lowest BCUT2D eigenvalue weighted by Gasteiger charge is -2.26. The molecule has 0 aromatic carbocycles. The monoisotopic (exact) mass is 248 g/mol. The fourth-order valence-corrected chi connectivity index (χ4v) is 2.11. The lowest BCUT2D eigenvalue weighted by atomic mass is 10.1. The standard InChI is InChI=1S/C13H20N4O/c1-11-9-16-12(10-15-11)13(18)14-5-8-17-6-3-2-4-7-17/h9-10H,2-8H2,1H3,(H,14,18). The van der Waals surface area contributed by atoms with Crippen LogP contribution in [0.5, 0.6) is 0 Å². The molecule has 1 fully saturated rings. The Morgan fingerprint density at radius 3 is 2.72 bits per heavy atom. The van der Waals surface area contributed by atoms with E-state index in [1.165, 1.54) is 25.5 Å². The molecule has 1 aliphatic heterocycles. The maximum atomic E-state index is 11.8. The van der Waals surface area contributed by atoms with Crippen LogP contribution in [0.25, 0.3) is 0 Å². The van der Waals surface area contributed by atoms with E-state index in [0.29, 0.717) is 12.2 Å². The summed E-state index contributed by atoms with van der Waals surface area (Å²) in [6.07, 6.45) is 7.02. The maximum Gasteiger partial charge on any atom is 0.271 e. The van der Waals surface area contributed by atoms with Crippen LogP contribution in [-0.4, -0.2) is 47.0 Å². The van der Waals surface area contributed by atoms with E-state index in [4.69, 9.17) is 0 Å². The fourth-order valence-electron chi connectivity index (χ4n) is 2.11. The van der Waals surface area contributed by atoms with Crippen molar-refractivity contribution in [2.45, 2.75) is 26.2 Å². The molecule has 0 aliphatic carbocycles. The van der Waals surface area contributed by atoms with E-state index >= 15 is 0 Å². The maximum absolute atomic E-state index is 11.8. The average Bonchev–Trinajstić information content (AvgIpc) is 2.40. The van der Waals surface area contributed by atoms with Crippen molar-refractivity contribution in [1.82, 2.24) is 20.2 Å². The van der Waals surface area contributed by atoms with E-state index in [2.05, 4.69) is 20.2 Å². The number of hydrogen-bond donors (Lipinski definition) is 1. The summed E-state index contributed by atoms with van der Waals surface area (Å²) in [5.74, 6) is -0.139. The van der Waals surface area contributed by atoms with Gasteiger partial charge in [0.2, 0.25) is 0 Å². The minimum Gasteiger partial charge on any atom is -0.349 e. The zero-order valence-corrected chi connectivity index (χ0v) is 10.9. The molecule has 1 aromatic heterocycles. The second-order valence-corrected chi connectivity index (χ2v) is 4.70. The van der Waals surface area contributed by atoms with Gasteiger partial charge in [0.05, 0.1) is 11.9 Å². The van der Waals surface area contributed by atoms with Crippen LogP contribution >= 0.6 is 0 Å². The number of likely N-dealkylation sites (tertiary alicyclic amines) is 1. The summed E-state index contributed by atoms with van der Waals surface area (Å²) in [7, 11) is 0. The molecule has 18 heavy (non-hydrogen) atoms. The van der Waals surface area contributed by atoms with Gasteiger partial charge in [0.15, 0.2) is 0 Å². The van der Waals surface area contributed by atoms with E-state index in [0.717, 1.165) is 25.3 Å². The van der Waals surface area contributed by atoms with Crippen LogP contribution < -0.4 is 5.32 Å². The van der Waals surface area contributed by atoms with Gasteiger partial charge in [0.25, 0.3) is 5.91 Å². The van der Waals surface area contributed by atoms with Crippen molar-refractivity contribution in [1.29, 1.82) is 0 Å². The Bertz CT molecular complexity index is 384. The third-order valence-electron chi connectivity index (χ3n) is 3.18. The molecule has 5 heteroatoms. The summed E-state index contributed by atoms with van der Waals surface area (Å²) in [4.78, 5) is 22.3. The highest BCUT2D eigenvalue weighted by atomic mass is 16.1. The van der Waals surface area contributed by atoms with Crippen molar-refractivity contribution in [2.75, 3.05) is 26.2 Å². The molecule has 2 heterocycles. The molecule has 5 nitrogen and oxygen atoms in total.